The Kier molecular flexibility index (Phi) is 6.09. The first-order valence-electron chi connectivity index (χ1n) is 7.79. The molecule has 0 saturated carbocycles. The number of anilines is 1. The Bertz CT molecular complexity index is 895. The highest BCUT2D eigenvalue weighted by molar-refractivity contribution is 5.52. The van der Waals surface area contributed by atoms with Crippen LogP contribution in [0, 0.1) is 0 Å². The third-order valence-electron chi connectivity index (χ3n) is 3.93. The molecule has 0 fully saturated rings. The summed E-state index contributed by atoms with van der Waals surface area (Å²) in [6.45, 7) is 0. The molecule has 0 heterocycles. The van der Waals surface area contributed by atoms with E-state index in [9.17, 15) is 52.7 Å². The second kappa shape index (κ2) is 7.71. The molecule has 0 aliphatic carbocycles. The number of benzene rings is 2. The van der Waals surface area contributed by atoms with E-state index < -0.39 is 70.9 Å². The van der Waals surface area contributed by atoms with Crippen molar-refractivity contribution in [3.63, 3.8) is 0 Å². The van der Waals surface area contributed by atoms with Gasteiger partial charge >= 0.3 is 18.5 Å². The minimum absolute atomic E-state index is 0.0408. The lowest BCUT2D eigenvalue weighted by molar-refractivity contribution is -0.274. The highest BCUT2D eigenvalue weighted by Crippen LogP contribution is 2.52. The standard InChI is InChI=1S/C17H9F12NO/c18-13(19)14(20,17(27,28)29)7-5-10(15(21,22)23)12(11(6-7)16(24,25)26)31-9-3-1-8(30)2-4-9/h1-6,13H,30H2. The molecule has 0 aromatic heterocycles. The zero-order valence-electron chi connectivity index (χ0n) is 14.6. The van der Waals surface area contributed by atoms with Crippen LogP contribution < -0.4 is 10.5 Å². The summed E-state index contributed by atoms with van der Waals surface area (Å²) in [4.78, 5) is 0. The van der Waals surface area contributed by atoms with Gasteiger partial charge in [0.25, 0.3) is 12.1 Å². The topological polar surface area (TPSA) is 35.2 Å². The minimum atomic E-state index is -6.54. The SMILES string of the molecule is Nc1ccc(Oc2c(C(F)(F)F)cc(C(F)(C(F)F)C(F)(F)F)cc2C(F)(F)F)cc1. The van der Waals surface area contributed by atoms with Gasteiger partial charge in [-0.2, -0.15) is 39.5 Å². The summed E-state index contributed by atoms with van der Waals surface area (Å²) < 4.78 is 164. The van der Waals surface area contributed by atoms with E-state index in [-0.39, 0.29) is 5.69 Å². The molecule has 0 bridgehead atoms. The van der Waals surface area contributed by atoms with E-state index in [0.717, 1.165) is 24.3 Å². The van der Waals surface area contributed by atoms with Gasteiger partial charge in [-0.15, -0.1) is 0 Å². The molecule has 0 radical (unpaired) electrons. The van der Waals surface area contributed by atoms with Crippen LogP contribution in [-0.4, -0.2) is 12.6 Å². The quantitative estimate of drug-likeness (QED) is 0.382. The maximum Gasteiger partial charge on any atom is 0.432 e. The van der Waals surface area contributed by atoms with E-state index in [1.807, 2.05) is 0 Å². The minimum Gasteiger partial charge on any atom is -0.456 e. The van der Waals surface area contributed by atoms with Crippen LogP contribution in [-0.2, 0) is 18.0 Å². The molecular formula is C17H9F12NO. The predicted octanol–water partition coefficient (Wildman–Crippen LogP) is 7.09. The van der Waals surface area contributed by atoms with Crippen molar-refractivity contribution in [3.8, 4) is 11.5 Å². The van der Waals surface area contributed by atoms with Gasteiger partial charge in [-0.25, -0.2) is 13.2 Å². The monoisotopic (exact) mass is 471 g/mol. The van der Waals surface area contributed by atoms with E-state index in [4.69, 9.17) is 5.73 Å². The van der Waals surface area contributed by atoms with Crippen molar-refractivity contribution in [2.75, 3.05) is 5.73 Å². The normalized spacial score (nSPS) is 15.1. The van der Waals surface area contributed by atoms with E-state index >= 15 is 0 Å². The number of halogens is 12. The molecule has 0 aliphatic rings. The van der Waals surface area contributed by atoms with Crippen LogP contribution in [0.25, 0.3) is 0 Å². The van der Waals surface area contributed by atoms with Crippen LogP contribution in [0.5, 0.6) is 11.5 Å². The number of ether oxygens (including phenoxy) is 1. The van der Waals surface area contributed by atoms with Crippen molar-refractivity contribution in [3.05, 3.63) is 53.1 Å². The maximum atomic E-state index is 14.2. The fraction of sp³-hybridized carbons (Fsp3) is 0.294. The Hall–Kier alpha value is -2.80. The third kappa shape index (κ3) is 4.77. The van der Waals surface area contributed by atoms with Gasteiger partial charge in [-0.3, -0.25) is 0 Å². The highest BCUT2D eigenvalue weighted by atomic mass is 19.4. The summed E-state index contributed by atoms with van der Waals surface area (Å²) in [6.07, 6.45) is -23.2. The fourth-order valence-electron chi connectivity index (χ4n) is 2.44. The first-order valence-corrected chi connectivity index (χ1v) is 7.79. The number of alkyl halides is 12. The van der Waals surface area contributed by atoms with E-state index in [2.05, 4.69) is 4.74 Å². The van der Waals surface area contributed by atoms with Gasteiger partial charge in [0, 0.05) is 11.3 Å². The Morgan fingerprint density at radius 2 is 1.13 bits per heavy atom. The van der Waals surface area contributed by atoms with Crippen molar-refractivity contribution in [2.24, 2.45) is 0 Å². The Balaban J connectivity index is 2.89. The second-order valence-electron chi connectivity index (χ2n) is 6.08. The van der Waals surface area contributed by atoms with Gasteiger partial charge in [0.1, 0.15) is 5.75 Å². The van der Waals surface area contributed by atoms with Gasteiger partial charge in [-0.05, 0) is 36.4 Å². The first kappa shape index (κ1) is 24.5. The third-order valence-corrected chi connectivity index (χ3v) is 3.93. The van der Waals surface area contributed by atoms with E-state index in [0.29, 0.717) is 0 Å². The predicted molar refractivity (Wildman–Crippen MR) is 82.2 cm³/mol. The smallest absolute Gasteiger partial charge is 0.432 e. The molecule has 2 N–H and O–H groups in total. The van der Waals surface area contributed by atoms with Crippen LogP contribution >= 0.6 is 0 Å². The van der Waals surface area contributed by atoms with Crippen LogP contribution in [0.3, 0.4) is 0 Å². The van der Waals surface area contributed by atoms with Crippen LogP contribution in [0.15, 0.2) is 36.4 Å². The molecule has 14 heteroatoms. The lowest BCUT2D eigenvalue weighted by atomic mass is 9.90. The molecule has 2 nitrogen and oxygen atoms in total. The van der Waals surface area contributed by atoms with Crippen molar-refractivity contribution in [1.29, 1.82) is 0 Å². The number of rotatable bonds is 4. The zero-order chi connectivity index (χ0) is 24.0. The number of nitrogen functional groups attached to an aromatic ring is 1. The summed E-state index contributed by atoms with van der Waals surface area (Å²) in [6, 6.07) is 2.16. The lowest BCUT2D eigenvalue weighted by Gasteiger charge is -2.29. The largest absolute Gasteiger partial charge is 0.456 e. The molecule has 0 spiro atoms. The van der Waals surface area contributed by atoms with E-state index in [1.165, 1.54) is 0 Å². The van der Waals surface area contributed by atoms with Crippen molar-refractivity contribution >= 4 is 5.69 Å². The number of hydrogen-bond donors (Lipinski definition) is 1. The Morgan fingerprint density at radius 3 is 1.45 bits per heavy atom. The van der Waals surface area contributed by atoms with Gasteiger partial charge < -0.3 is 10.5 Å². The molecule has 31 heavy (non-hydrogen) atoms. The first-order chi connectivity index (χ1) is 13.9. The molecule has 2 aromatic rings. The molecule has 2 rings (SSSR count). The van der Waals surface area contributed by atoms with Gasteiger partial charge in [0.05, 0.1) is 11.1 Å². The van der Waals surface area contributed by atoms with Crippen molar-refractivity contribution in [1.82, 2.24) is 0 Å². The number of nitrogens with two attached hydrogens (primary N) is 1. The summed E-state index contributed by atoms with van der Waals surface area (Å²) in [7, 11) is 0. The Morgan fingerprint density at radius 1 is 0.710 bits per heavy atom. The highest BCUT2D eigenvalue weighted by Gasteiger charge is 2.65. The lowest BCUT2D eigenvalue weighted by Crippen LogP contribution is -2.44. The number of hydrogen-bond acceptors (Lipinski definition) is 2. The summed E-state index contributed by atoms with van der Waals surface area (Å²) >= 11 is 0. The van der Waals surface area contributed by atoms with Gasteiger partial charge in [-0.1, -0.05) is 0 Å². The molecule has 0 aliphatic heterocycles. The summed E-state index contributed by atoms with van der Waals surface area (Å²) in [5, 5.41) is 0. The molecule has 0 saturated heterocycles. The Labute approximate surface area is 165 Å². The van der Waals surface area contributed by atoms with Crippen LogP contribution in [0.4, 0.5) is 58.4 Å². The summed E-state index contributed by atoms with van der Waals surface area (Å²) in [5.74, 6) is -2.69. The molecule has 1 unspecified atom stereocenters. The average molecular weight is 471 g/mol. The van der Waals surface area contributed by atoms with Gasteiger partial charge in [0.15, 0.2) is 5.75 Å². The summed E-state index contributed by atoms with van der Waals surface area (Å²) in [5.41, 5.74) is -8.12. The molecule has 1 atom stereocenters. The van der Waals surface area contributed by atoms with Crippen LogP contribution in [0.2, 0.25) is 0 Å². The van der Waals surface area contributed by atoms with Crippen molar-refractivity contribution in [2.45, 2.75) is 30.6 Å². The van der Waals surface area contributed by atoms with E-state index in [1.54, 1.807) is 0 Å². The van der Waals surface area contributed by atoms with Crippen LogP contribution in [0.1, 0.15) is 16.7 Å². The molecule has 2 aromatic carbocycles. The average Bonchev–Trinajstić information content (AvgIpc) is 2.59. The zero-order valence-corrected chi connectivity index (χ0v) is 14.6. The fourth-order valence-corrected chi connectivity index (χ4v) is 2.44. The maximum absolute atomic E-state index is 14.2. The molecular weight excluding hydrogens is 462 g/mol. The van der Waals surface area contributed by atoms with Gasteiger partial charge in [0.2, 0.25) is 0 Å². The second-order valence-corrected chi connectivity index (χ2v) is 6.08. The molecule has 0 amide bonds. The molecule has 172 valence electrons. The van der Waals surface area contributed by atoms with Crippen molar-refractivity contribution < 1.29 is 57.4 Å².